The molecule has 0 bridgehead atoms. The van der Waals surface area contributed by atoms with Crippen molar-refractivity contribution >= 4 is 43.5 Å². The van der Waals surface area contributed by atoms with Crippen LogP contribution >= 0.6 is 0 Å². The first kappa shape index (κ1) is 18.2. The Morgan fingerprint density at radius 2 is 1.93 bits per heavy atom. The Labute approximate surface area is 161 Å². The van der Waals surface area contributed by atoms with Crippen LogP contribution in [-0.2, 0) is 20.9 Å². The third-order valence-electron chi connectivity index (χ3n) is 4.33. The number of nitrogens with zero attached hydrogens (tertiary/aromatic N) is 3. The number of rotatable bonds is 4. The van der Waals surface area contributed by atoms with Crippen LogP contribution in [0.4, 0.5) is 10.2 Å². The number of pyridine rings is 1. The van der Waals surface area contributed by atoms with E-state index in [4.69, 9.17) is 0 Å². The summed E-state index contributed by atoms with van der Waals surface area (Å²) in [6.07, 6.45) is 5.58. The molecule has 0 unspecified atom stereocenters. The highest BCUT2D eigenvalue weighted by Gasteiger charge is 2.17. The second kappa shape index (κ2) is 6.79. The maximum atomic E-state index is 13.5. The molecule has 28 heavy (non-hydrogen) atoms. The van der Waals surface area contributed by atoms with Gasteiger partial charge in [-0.1, -0.05) is 12.1 Å². The number of aromatic amines is 1. The number of halogens is 1. The van der Waals surface area contributed by atoms with Crippen LogP contribution in [0.3, 0.4) is 0 Å². The summed E-state index contributed by atoms with van der Waals surface area (Å²) in [7, 11) is -2.47. The average molecular weight is 396 g/mol. The maximum Gasteiger partial charge on any atom is 0.169 e. The van der Waals surface area contributed by atoms with Gasteiger partial charge in [0.1, 0.15) is 12.1 Å². The van der Waals surface area contributed by atoms with Crippen LogP contribution in [0.1, 0.15) is 5.69 Å². The largest absolute Gasteiger partial charge is 0.303 e. The molecule has 0 aliphatic carbocycles. The third kappa shape index (κ3) is 3.38. The SMILES string of the molecule is CS(C)(=O)=Nc1nc(CC=O)c(-c2ccc(F)cc2)c2cc3cn[nH]c3cc12. The van der Waals surface area contributed by atoms with Crippen molar-refractivity contribution in [3.8, 4) is 11.1 Å². The summed E-state index contributed by atoms with van der Waals surface area (Å²) in [6, 6.07) is 9.82. The second-order valence-corrected chi connectivity index (χ2v) is 9.31. The van der Waals surface area contributed by atoms with Crippen molar-refractivity contribution in [3.63, 3.8) is 0 Å². The van der Waals surface area contributed by atoms with Crippen molar-refractivity contribution in [1.82, 2.24) is 15.2 Å². The van der Waals surface area contributed by atoms with Gasteiger partial charge in [0.2, 0.25) is 0 Å². The lowest BCUT2D eigenvalue weighted by atomic mass is 9.95. The fourth-order valence-corrected chi connectivity index (χ4v) is 3.78. The summed E-state index contributed by atoms with van der Waals surface area (Å²) in [5.41, 5.74) is 2.75. The van der Waals surface area contributed by atoms with Gasteiger partial charge in [0, 0.05) is 45.0 Å². The number of aromatic nitrogens is 3. The molecule has 0 aliphatic rings. The fraction of sp³-hybridized carbons (Fsp3) is 0.150. The fourth-order valence-electron chi connectivity index (χ4n) is 3.23. The van der Waals surface area contributed by atoms with E-state index < -0.39 is 9.73 Å². The van der Waals surface area contributed by atoms with E-state index in [0.29, 0.717) is 16.9 Å². The summed E-state index contributed by atoms with van der Waals surface area (Å²) in [5.74, 6) is -0.0392. The van der Waals surface area contributed by atoms with Gasteiger partial charge in [-0.05, 0) is 35.2 Å². The Morgan fingerprint density at radius 1 is 1.18 bits per heavy atom. The Balaban J connectivity index is 2.18. The van der Waals surface area contributed by atoms with Crippen LogP contribution in [0.25, 0.3) is 32.8 Å². The monoisotopic (exact) mass is 396 g/mol. The molecule has 0 fully saturated rings. The first-order valence-corrected chi connectivity index (χ1v) is 10.9. The number of fused-ring (bicyclic) bond motifs is 2. The van der Waals surface area contributed by atoms with Gasteiger partial charge in [-0.25, -0.2) is 13.6 Å². The molecule has 4 aromatic rings. The molecule has 1 N–H and O–H groups in total. The molecule has 2 aromatic heterocycles. The Morgan fingerprint density at radius 3 is 2.61 bits per heavy atom. The summed E-state index contributed by atoms with van der Waals surface area (Å²) in [4.78, 5) is 15.9. The van der Waals surface area contributed by atoms with Gasteiger partial charge >= 0.3 is 0 Å². The zero-order valence-electron chi connectivity index (χ0n) is 15.3. The molecule has 0 atom stereocenters. The predicted octanol–water partition coefficient (Wildman–Crippen LogP) is 4.02. The van der Waals surface area contributed by atoms with Crippen molar-refractivity contribution in [1.29, 1.82) is 0 Å². The normalized spacial score (nSPS) is 11.8. The van der Waals surface area contributed by atoms with Crippen molar-refractivity contribution < 1.29 is 13.4 Å². The van der Waals surface area contributed by atoms with Gasteiger partial charge in [0.25, 0.3) is 0 Å². The number of hydrogen-bond donors (Lipinski definition) is 1. The predicted molar refractivity (Wildman–Crippen MR) is 109 cm³/mol. The molecule has 0 saturated carbocycles. The van der Waals surface area contributed by atoms with E-state index in [1.807, 2.05) is 12.1 Å². The first-order chi connectivity index (χ1) is 13.4. The van der Waals surface area contributed by atoms with Crippen molar-refractivity contribution in [3.05, 3.63) is 54.1 Å². The molecule has 2 aromatic carbocycles. The average Bonchev–Trinajstić information content (AvgIpc) is 3.08. The third-order valence-corrected chi connectivity index (χ3v) is 4.95. The van der Waals surface area contributed by atoms with Gasteiger partial charge in [-0.2, -0.15) is 9.46 Å². The molecule has 142 valence electrons. The lowest BCUT2D eigenvalue weighted by Gasteiger charge is -2.14. The summed E-state index contributed by atoms with van der Waals surface area (Å²) in [6.45, 7) is 0. The van der Waals surface area contributed by atoms with Gasteiger partial charge in [-0.3, -0.25) is 5.10 Å². The highest BCUT2D eigenvalue weighted by atomic mass is 32.2. The van der Waals surface area contributed by atoms with Crippen LogP contribution < -0.4 is 0 Å². The summed E-state index contributed by atoms with van der Waals surface area (Å²) >= 11 is 0. The van der Waals surface area contributed by atoms with E-state index in [9.17, 15) is 13.4 Å². The van der Waals surface area contributed by atoms with Crippen LogP contribution in [0.2, 0.25) is 0 Å². The molecule has 6 nitrogen and oxygen atoms in total. The number of hydrogen-bond acceptors (Lipinski definition) is 5. The number of H-pyrrole nitrogens is 1. The molecule has 0 amide bonds. The lowest BCUT2D eigenvalue weighted by molar-refractivity contribution is -0.107. The molecular weight excluding hydrogens is 379 g/mol. The topological polar surface area (TPSA) is 88.1 Å². The van der Waals surface area contributed by atoms with E-state index in [1.165, 1.54) is 24.6 Å². The van der Waals surface area contributed by atoms with Gasteiger partial charge in [0.05, 0.1) is 17.4 Å². The quantitative estimate of drug-likeness (QED) is 0.528. The molecule has 8 heteroatoms. The minimum atomic E-state index is -2.47. The minimum Gasteiger partial charge on any atom is -0.303 e. The van der Waals surface area contributed by atoms with Gasteiger partial charge in [0.15, 0.2) is 5.82 Å². The molecule has 0 aliphatic heterocycles. The highest BCUT2D eigenvalue weighted by molar-refractivity contribution is 7.92. The summed E-state index contributed by atoms with van der Waals surface area (Å²) < 4.78 is 30.1. The van der Waals surface area contributed by atoms with Gasteiger partial charge in [-0.15, -0.1) is 0 Å². The van der Waals surface area contributed by atoms with Crippen LogP contribution in [0, 0.1) is 5.82 Å². The number of aldehydes is 1. The van der Waals surface area contributed by atoms with Crippen molar-refractivity contribution in [2.45, 2.75) is 6.42 Å². The van der Waals surface area contributed by atoms with E-state index in [2.05, 4.69) is 19.5 Å². The number of nitrogens with one attached hydrogen (secondary N) is 1. The zero-order valence-corrected chi connectivity index (χ0v) is 16.1. The second-order valence-electron chi connectivity index (χ2n) is 6.76. The van der Waals surface area contributed by atoms with Crippen LogP contribution in [0.5, 0.6) is 0 Å². The van der Waals surface area contributed by atoms with E-state index >= 15 is 0 Å². The number of benzene rings is 2. The lowest BCUT2D eigenvalue weighted by Crippen LogP contribution is -1.99. The minimum absolute atomic E-state index is 0.0587. The van der Waals surface area contributed by atoms with E-state index in [-0.39, 0.29) is 12.2 Å². The molecule has 0 saturated heterocycles. The Bertz CT molecular complexity index is 1330. The number of carbonyl (C=O) groups is 1. The summed E-state index contributed by atoms with van der Waals surface area (Å²) in [5, 5.41) is 9.32. The zero-order chi connectivity index (χ0) is 19.9. The smallest absolute Gasteiger partial charge is 0.169 e. The first-order valence-electron chi connectivity index (χ1n) is 8.52. The molecule has 2 heterocycles. The van der Waals surface area contributed by atoms with E-state index in [0.717, 1.165) is 33.7 Å². The maximum absolute atomic E-state index is 13.5. The van der Waals surface area contributed by atoms with Crippen molar-refractivity contribution in [2.75, 3.05) is 12.5 Å². The number of carbonyl (C=O) groups excluding carboxylic acids is 1. The highest BCUT2D eigenvalue weighted by Crippen LogP contribution is 2.38. The molecule has 0 radical (unpaired) electrons. The molecule has 0 spiro atoms. The van der Waals surface area contributed by atoms with Crippen LogP contribution in [0.15, 0.2) is 47.0 Å². The molecule has 4 rings (SSSR count). The van der Waals surface area contributed by atoms with Crippen LogP contribution in [-0.4, -0.2) is 38.2 Å². The molecular formula is C20H17FN4O2S. The van der Waals surface area contributed by atoms with E-state index in [1.54, 1.807) is 18.3 Å². The van der Waals surface area contributed by atoms with Gasteiger partial charge < -0.3 is 4.79 Å². The Kier molecular flexibility index (Phi) is 4.43. The Hall–Kier alpha value is -3.13. The van der Waals surface area contributed by atoms with Crippen molar-refractivity contribution in [2.24, 2.45) is 4.36 Å². The standard InChI is InChI=1S/C20H17FN4O2S/c1-28(2,27)25-20-16-10-18-13(11-22-24-18)9-15(16)19(17(23-20)7-8-26)12-3-5-14(21)6-4-12/h3-6,8-11H,7H2,1-2H3,(H,22,24).